The minimum Gasteiger partial charge on any atom is -0.380 e. The highest BCUT2D eigenvalue weighted by Gasteiger charge is 2.32. The Kier molecular flexibility index (Phi) is 4.59. The molecule has 2 aromatic rings. The number of nitrogens with one attached hydrogen (secondary N) is 1. The number of nitrogens with zero attached hydrogens (tertiary/aromatic N) is 6. The summed E-state index contributed by atoms with van der Waals surface area (Å²) < 4.78 is 5.50. The molecule has 0 amide bonds. The minimum atomic E-state index is 0.170. The van der Waals surface area contributed by atoms with Crippen molar-refractivity contribution in [3.8, 4) is 6.07 Å². The fraction of sp³-hybridized carbons (Fsp3) is 0.400. The summed E-state index contributed by atoms with van der Waals surface area (Å²) in [5.74, 6) is 1.53. The van der Waals surface area contributed by atoms with Crippen LogP contribution in [0.1, 0.15) is 12.1 Å². The van der Waals surface area contributed by atoms with Crippen LogP contribution in [0, 0.1) is 11.3 Å². The first-order chi connectivity index (χ1) is 11.3. The van der Waals surface area contributed by atoms with Gasteiger partial charge >= 0.3 is 0 Å². The van der Waals surface area contributed by atoms with Gasteiger partial charge in [0.15, 0.2) is 5.69 Å². The Balaban J connectivity index is 1.67. The molecule has 1 fully saturated rings. The van der Waals surface area contributed by atoms with Crippen LogP contribution in [-0.4, -0.2) is 52.3 Å². The monoisotopic (exact) mass is 311 g/mol. The van der Waals surface area contributed by atoms with Crippen LogP contribution >= 0.6 is 0 Å². The lowest BCUT2D eigenvalue weighted by Gasteiger charge is -2.25. The molecule has 8 heteroatoms. The molecule has 0 aromatic carbocycles. The second-order valence-electron chi connectivity index (χ2n) is 5.25. The van der Waals surface area contributed by atoms with Crippen LogP contribution in [0.15, 0.2) is 31.0 Å². The number of nitriles is 1. The van der Waals surface area contributed by atoms with Gasteiger partial charge in [-0.1, -0.05) is 0 Å². The number of hydrogen-bond donors (Lipinski definition) is 1. The fourth-order valence-corrected chi connectivity index (χ4v) is 2.67. The van der Waals surface area contributed by atoms with Gasteiger partial charge in [0.25, 0.3) is 0 Å². The summed E-state index contributed by atoms with van der Waals surface area (Å²) in [6.45, 7) is 1.48. The molecule has 0 spiro atoms. The lowest BCUT2D eigenvalue weighted by molar-refractivity contribution is 0.118. The summed E-state index contributed by atoms with van der Waals surface area (Å²) in [6, 6.07) is 4.08. The minimum absolute atomic E-state index is 0.170. The summed E-state index contributed by atoms with van der Waals surface area (Å²) in [4.78, 5) is 18.7. The van der Waals surface area contributed by atoms with Gasteiger partial charge in [-0.15, -0.1) is 0 Å². The topological polar surface area (TPSA) is 99.8 Å². The third-order valence-electron chi connectivity index (χ3n) is 3.86. The van der Waals surface area contributed by atoms with Crippen molar-refractivity contribution in [2.24, 2.45) is 0 Å². The first-order valence-corrected chi connectivity index (χ1v) is 7.31. The maximum Gasteiger partial charge on any atom is 0.158 e. The third kappa shape index (κ3) is 3.52. The Morgan fingerprint density at radius 3 is 2.96 bits per heavy atom. The SMILES string of the molecule is CO[C@@H]1C[C@H](CNc2cnc(C#N)cn2)N(c2ccncn2)C1. The van der Waals surface area contributed by atoms with Crippen molar-refractivity contribution in [1.29, 1.82) is 5.26 Å². The largest absolute Gasteiger partial charge is 0.380 e. The molecule has 1 saturated heterocycles. The second kappa shape index (κ2) is 6.98. The number of anilines is 2. The molecule has 2 aromatic heterocycles. The Bertz CT molecular complexity index is 670. The number of hydrogen-bond acceptors (Lipinski definition) is 8. The third-order valence-corrected chi connectivity index (χ3v) is 3.86. The van der Waals surface area contributed by atoms with Gasteiger partial charge in [0.1, 0.15) is 24.0 Å². The first kappa shape index (κ1) is 15.1. The molecule has 1 aliphatic heterocycles. The zero-order valence-electron chi connectivity index (χ0n) is 12.8. The van der Waals surface area contributed by atoms with Crippen LogP contribution in [0.25, 0.3) is 0 Å². The molecule has 3 rings (SSSR count). The molecule has 0 unspecified atom stereocenters. The van der Waals surface area contributed by atoms with Crippen LogP contribution < -0.4 is 10.2 Å². The van der Waals surface area contributed by atoms with Gasteiger partial charge in [-0.25, -0.2) is 19.9 Å². The predicted octanol–water partition coefficient (Wildman–Crippen LogP) is 0.844. The van der Waals surface area contributed by atoms with E-state index >= 15 is 0 Å². The van der Waals surface area contributed by atoms with Crippen molar-refractivity contribution in [1.82, 2.24) is 19.9 Å². The van der Waals surface area contributed by atoms with E-state index in [1.807, 2.05) is 12.1 Å². The summed E-state index contributed by atoms with van der Waals surface area (Å²) in [7, 11) is 1.73. The Hall–Kier alpha value is -2.79. The van der Waals surface area contributed by atoms with E-state index in [9.17, 15) is 0 Å². The van der Waals surface area contributed by atoms with Gasteiger partial charge in [-0.05, 0) is 12.5 Å². The average Bonchev–Trinajstić information content (AvgIpc) is 3.04. The van der Waals surface area contributed by atoms with Gasteiger partial charge in [0.2, 0.25) is 0 Å². The molecule has 0 bridgehead atoms. The molecule has 1 aliphatic rings. The molecule has 1 N–H and O–H groups in total. The summed E-state index contributed by atoms with van der Waals surface area (Å²) in [5.41, 5.74) is 0.304. The van der Waals surface area contributed by atoms with E-state index in [-0.39, 0.29) is 12.1 Å². The zero-order chi connectivity index (χ0) is 16.1. The van der Waals surface area contributed by atoms with E-state index in [2.05, 4.69) is 30.2 Å². The Morgan fingerprint density at radius 2 is 2.30 bits per heavy atom. The van der Waals surface area contributed by atoms with E-state index in [0.717, 1.165) is 18.8 Å². The maximum absolute atomic E-state index is 8.74. The van der Waals surface area contributed by atoms with Crippen molar-refractivity contribution >= 4 is 11.6 Å². The molecule has 0 radical (unpaired) electrons. The van der Waals surface area contributed by atoms with Crippen LogP contribution in [0.5, 0.6) is 0 Å². The summed E-state index contributed by atoms with van der Waals surface area (Å²) in [5, 5.41) is 12.0. The highest BCUT2D eigenvalue weighted by atomic mass is 16.5. The van der Waals surface area contributed by atoms with Gasteiger partial charge in [-0.2, -0.15) is 5.26 Å². The fourth-order valence-electron chi connectivity index (χ4n) is 2.67. The molecule has 3 heterocycles. The van der Waals surface area contributed by atoms with Crippen molar-refractivity contribution in [3.63, 3.8) is 0 Å². The molecule has 2 atom stereocenters. The quantitative estimate of drug-likeness (QED) is 0.867. The second-order valence-corrected chi connectivity index (χ2v) is 5.25. The van der Waals surface area contributed by atoms with Crippen LogP contribution in [0.2, 0.25) is 0 Å². The van der Waals surface area contributed by atoms with Crippen LogP contribution in [0.4, 0.5) is 11.6 Å². The van der Waals surface area contributed by atoms with E-state index in [4.69, 9.17) is 10.00 Å². The lowest BCUT2D eigenvalue weighted by atomic mass is 10.2. The van der Waals surface area contributed by atoms with Crippen molar-refractivity contribution in [2.75, 3.05) is 30.4 Å². The van der Waals surface area contributed by atoms with Gasteiger partial charge in [-0.3, -0.25) is 0 Å². The van der Waals surface area contributed by atoms with Gasteiger partial charge in [0.05, 0.1) is 24.5 Å². The predicted molar refractivity (Wildman–Crippen MR) is 83.8 cm³/mol. The summed E-state index contributed by atoms with van der Waals surface area (Å²) in [6.07, 6.45) is 7.37. The van der Waals surface area contributed by atoms with E-state index in [0.29, 0.717) is 18.1 Å². The molecular formula is C15H17N7O. The molecule has 0 aliphatic carbocycles. The zero-order valence-corrected chi connectivity index (χ0v) is 12.8. The highest BCUT2D eigenvalue weighted by Crippen LogP contribution is 2.25. The number of aromatic nitrogens is 4. The highest BCUT2D eigenvalue weighted by molar-refractivity contribution is 5.42. The van der Waals surface area contributed by atoms with Crippen molar-refractivity contribution in [2.45, 2.75) is 18.6 Å². The van der Waals surface area contributed by atoms with Crippen LogP contribution in [-0.2, 0) is 4.74 Å². The van der Waals surface area contributed by atoms with E-state index in [1.165, 1.54) is 6.20 Å². The lowest BCUT2D eigenvalue weighted by Crippen LogP contribution is -2.35. The van der Waals surface area contributed by atoms with Crippen molar-refractivity contribution < 1.29 is 4.74 Å². The maximum atomic E-state index is 8.74. The Labute approximate surface area is 134 Å². The molecule has 23 heavy (non-hydrogen) atoms. The van der Waals surface area contributed by atoms with Crippen molar-refractivity contribution in [3.05, 3.63) is 36.7 Å². The number of ether oxygens (including phenoxy) is 1. The number of methoxy groups -OCH3 is 1. The van der Waals surface area contributed by atoms with Crippen LogP contribution in [0.3, 0.4) is 0 Å². The molecule has 118 valence electrons. The molecule has 0 saturated carbocycles. The Morgan fingerprint density at radius 1 is 1.39 bits per heavy atom. The summed E-state index contributed by atoms with van der Waals surface area (Å²) >= 11 is 0. The average molecular weight is 311 g/mol. The molecule has 8 nitrogen and oxygen atoms in total. The molecular weight excluding hydrogens is 294 g/mol. The van der Waals surface area contributed by atoms with E-state index in [1.54, 1.807) is 25.8 Å². The smallest absolute Gasteiger partial charge is 0.158 e. The van der Waals surface area contributed by atoms with Gasteiger partial charge < -0.3 is 15.0 Å². The number of rotatable bonds is 5. The van der Waals surface area contributed by atoms with Gasteiger partial charge in [0, 0.05) is 26.4 Å². The first-order valence-electron chi connectivity index (χ1n) is 7.31. The normalized spacial score (nSPS) is 20.3. The standard InChI is InChI=1S/C15H17N7O/c1-23-13-4-12(22(9-13)15-2-3-17-10-21-15)7-20-14-8-18-11(5-16)6-19-14/h2-3,6,8,10,12-13H,4,7,9H2,1H3,(H,19,20)/t12-,13-/m1/s1. The van der Waals surface area contributed by atoms with E-state index < -0.39 is 0 Å².